The van der Waals surface area contributed by atoms with Crippen molar-refractivity contribution in [2.24, 2.45) is 5.92 Å². The van der Waals surface area contributed by atoms with Crippen molar-refractivity contribution in [1.82, 2.24) is 4.90 Å². The molecule has 1 aromatic rings. The van der Waals surface area contributed by atoms with Crippen molar-refractivity contribution in [3.63, 3.8) is 0 Å². The maximum absolute atomic E-state index is 12.2. The first-order valence-corrected chi connectivity index (χ1v) is 9.25. The Bertz CT molecular complexity index is 504. The zero-order valence-corrected chi connectivity index (χ0v) is 14.4. The third-order valence-corrected chi connectivity index (χ3v) is 5.15. The van der Waals surface area contributed by atoms with Crippen LogP contribution in [0, 0.1) is 18.3 Å². The van der Waals surface area contributed by atoms with Crippen LogP contribution >= 0.6 is 11.8 Å². The molecule has 1 aromatic carbocycles. The van der Waals surface area contributed by atoms with Gasteiger partial charge in [0, 0.05) is 24.4 Å². The minimum atomic E-state index is 0.293. The van der Waals surface area contributed by atoms with E-state index >= 15 is 0 Å². The second-order valence-corrected chi connectivity index (χ2v) is 6.98. The molecule has 4 heteroatoms. The number of amides is 1. The maximum atomic E-state index is 12.2. The quantitative estimate of drug-likeness (QED) is 0.415. The largest absolute Gasteiger partial charge is 0.369 e. The van der Waals surface area contributed by atoms with Gasteiger partial charge in [-0.1, -0.05) is 24.1 Å². The molecule has 1 saturated heterocycles. The van der Waals surface area contributed by atoms with E-state index in [-0.39, 0.29) is 0 Å². The van der Waals surface area contributed by atoms with Crippen LogP contribution < -0.4 is 0 Å². The number of hydrogen-bond donors (Lipinski definition) is 0. The highest BCUT2D eigenvalue weighted by Gasteiger charge is 2.22. The summed E-state index contributed by atoms with van der Waals surface area (Å²) in [5, 5.41) is 0. The van der Waals surface area contributed by atoms with Crippen LogP contribution in [0.4, 0.5) is 0 Å². The topological polar surface area (TPSA) is 29.5 Å². The molecule has 0 unspecified atom stereocenters. The first-order valence-electron chi connectivity index (χ1n) is 8.26. The van der Waals surface area contributed by atoms with Crippen molar-refractivity contribution in [2.75, 3.05) is 32.1 Å². The molecule has 0 aliphatic carbocycles. The lowest BCUT2D eigenvalue weighted by Gasteiger charge is -2.31. The molecule has 1 aliphatic rings. The predicted octanol–water partition coefficient (Wildman–Crippen LogP) is 3.45. The molecule has 1 heterocycles. The molecular weight excluding hydrogens is 306 g/mol. The van der Waals surface area contributed by atoms with Gasteiger partial charge in [0.2, 0.25) is 5.91 Å². The summed E-state index contributed by atoms with van der Waals surface area (Å²) in [5.74, 6) is 4.31. The lowest BCUT2D eigenvalue weighted by molar-refractivity contribution is -0.132. The Balaban J connectivity index is 1.57. The van der Waals surface area contributed by atoms with Crippen molar-refractivity contribution in [1.29, 1.82) is 0 Å². The van der Waals surface area contributed by atoms with Gasteiger partial charge in [-0.2, -0.15) is 0 Å². The normalized spacial score (nSPS) is 15.3. The number of ether oxygens (including phenoxy) is 1. The summed E-state index contributed by atoms with van der Waals surface area (Å²) in [4.78, 5) is 15.5. The van der Waals surface area contributed by atoms with Gasteiger partial charge in [0.1, 0.15) is 6.61 Å². The van der Waals surface area contributed by atoms with E-state index in [2.05, 4.69) is 18.1 Å². The summed E-state index contributed by atoms with van der Waals surface area (Å²) in [6.07, 6.45) is 8.80. The molecule has 1 aliphatic heterocycles. The van der Waals surface area contributed by atoms with Crippen LogP contribution in [0.1, 0.15) is 25.7 Å². The number of thioether (sulfide) groups is 1. The summed E-state index contributed by atoms with van der Waals surface area (Å²) in [7, 11) is 0. The average Bonchev–Trinajstić information content (AvgIpc) is 2.60. The maximum Gasteiger partial charge on any atom is 0.222 e. The summed E-state index contributed by atoms with van der Waals surface area (Å²) in [6.45, 7) is 2.82. The van der Waals surface area contributed by atoms with Crippen LogP contribution in [0.3, 0.4) is 0 Å². The zero-order chi connectivity index (χ0) is 16.3. The van der Waals surface area contributed by atoms with Gasteiger partial charge in [-0.05, 0) is 43.1 Å². The third-order valence-electron chi connectivity index (χ3n) is 4.05. The van der Waals surface area contributed by atoms with Crippen LogP contribution in [-0.4, -0.2) is 42.9 Å². The number of rotatable bonds is 8. The summed E-state index contributed by atoms with van der Waals surface area (Å²) < 4.78 is 5.40. The fraction of sp³-hybridized carbons (Fsp3) is 0.526. The monoisotopic (exact) mass is 331 g/mol. The van der Waals surface area contributed by atoms with Gasteiger partial charge in [-0.25, -0.2) is 0 Å². The molecule has 1 fully saturated rings. The Labute approximate surface area is 143 Å². The lowest BCUT2D eigenvalue weighted by Crippen LogP contribution is -2.39. The highest BCUT2D eigenvalue weighted by atomic mass is 32.2. The number of carbonyl (C=O) groups is 1. The Morgan fingerprint density at radius 3 is 2.74 bits per heavy atom. The van der Waals surface area contributed by atoms with Crippen LogP contribution in [0.5, 0.6) is 0 Å². The smallest absolute Gasteiger partial charge is 0.222 e. The highest BCUT2D eigenvalue weighted by molar-refractivity contribution is 7.99. The van der Waals surface area contributed by atoms with Gasteiger partial charge in [-0.15, -0.1) is 18.2 Å². The summed E-state index contributed by atoms with van der Waals surface area (Å²) in [6, 6.07) is 10.3. The van der Waals surface area contributed by atoms with Crippen molar-refractivity contribution < 1.29 is 9.53 Å². The molecule has 0 aromatic heterocycles. The molecule has 0 atom stereocenters. The number of benzene rings is 1. The Morgan fingerprint density at radius 2 is 2.04 bits per heavy atom. The molecule has 23 heavy (non-hydrogen) atoms. The number of nitrogens with zero attached hydrogens (tertiary/aromatic N) is 1. The van der Waals surface area contributed by atoms with E-state index in [4.69, 9.17) is 11.2 Å². The summed E-state index contributed by atoms with van der Waals surface area (Å²) >= 11 is 1.82. The van der Waals surface area contributed by atoms with Gasteiger partial charge in [-0.3, -0.25) is 4.79 Å². The van der Waals surface area contributed by atoms with E-state index < -0.39 is 0 Å². The fourth-order valence-electron chi connectivity index (χ4n) is 2.72. The summed E-state index contributed by atoms with van der Waals surface area (Å²) in [5.41, 5.74) is 0. The second-order valence-electron chi connectivity index (χ2n) is 5.81. The molecule has 1 amide bonds. The minimum absolute atomic E-state index is 0.293. The standard InChI is InChI=1S/C19H25NO2S/c1-2-14-22-16-17-10-12-20(13-11-17)19(21)9-6-15-23-18-7-4-3-5-8-18/h1,3-5,7-8,17H,6,9-16H2. The molecular formula is C19H25NO2S. The molecule has 0 bridgehead atoms. The molecule has 0 radical (unpaired) electrons. The first kappa shape index (κ1) is 17.9. The van der Waals surface area contributed by atoms with E-state index in [9.17, 15) is 4.79 Å². The van der Waals surface area contributed by atoms with E-state index in [1.54, 1.807) is 0 Å². The van der Waals surface area contributed by atoms with Crippen molar-refractivity contribution >= 4 is 17.7 Å². The van der Waals surface area contributed by atoms with E-state index in [0.717, 1.165) is 44.7 Å². The van der Waals surface area contributed by atoms with Gasteiger partial charge in [0.15, 0.2) is 0 Å². The van der Waals surface area contributed by atoms with Gasteiger partial charge >= 0.3 is 0 Å². The molecule has 3 nitrogen and oxygen atoms in total. The van der Waals surface area contributed by atoms with Gasteiger partial charge < -0.3 is 9.64 Å². The van der Waals surface area contributed by atoms with Crippen molar-refractivity contribution in [3.05, 3.63) is 30.3 Å². The molecule has 2 rings (SSSR count). The van der Waals surface area contributed by atoms with Crippen molar-refractivity contribution in [3.8, 4) is 12.3 Å². The van der Waals surface area contributed by atoms with E-state index in [1.165, 1.54) is 4.90 Å². The van der Waals surface area contributed by atoms with E-state index in [1.807, 2.05) is 34.9 Å². The molecule has 0 N–H and O–H groups in total. The Hall–Kier alpha value is -1.44. The Morgan fingerprint density at radius 1 is 1.30 bits per heavy atom. The zero-order valence-electron chi connectivity index (χ0n) is 13.6. The third kappa shape index (κ3) is 6.68. The van der Waals surface area contributed by atoms with Crippen LogP contribution in [-0.2, 0) is 9.53 Å². The van der Waals surface area contributed by atoms with Crippen LogP contribution in [0.25, 0.3) is 0 Å². The van der Waals surface area contributed by atoms with Crippen LogP contribution in [0.15, 0.2) is 35.2 Å². The number of likely N-dealkylation sites (tertiary alicyclic amines) is 1. The fourth-order valence-corrected chi connectivity index (χ4v) is 3.60. The molecule has 124 valence electrons. The van der Waals surface area contributed by atoms with Crippen molar-refractivity contribution in [2.45, 2.75) is 30.6 Å². The van der Waals surface area contributed by atoms with Crippen LogP contribution in [0.2, 0.25) is 0 Å². The number of carbonyl (C=O) groups excluding carboxylic acids is 1. The SMILES string of the molecule is C#CCOCC1CCN(C(=O)CCCSc2ccccc2)CC1. The van der Waals surface area contributed by atoms with E-state index in [0.29, 0.717) is 24.9 Å². The van der Waals surface area contributed by atoms with Gasteiger partial charge in [0.05, 0.1) is 6.61 Å². The lowest BCUT2D eigenvalue weighted by atomic mass is 9.97. The second kappa shape index (κ2) is 10.4. The first-order chi connectivity index (χ1) is 11.3. The molecule has 0 saturated carbocycles. The highest BCUT2D eigenvalue weighted by Crippen LogP contribution is 2.21. The number of piperidine rings is 1. The minimum Gasteiger partial charge on any atom is -0.369 e. The predicted molar refractivity (Wildman–Crippen MR) is 95.4 cm³/mol. The number of hydrogen-bond acceptors (Lipinski definition) is 3. The van der Waals surface area contributed by atoms with Gasteiger partial charge in [0.25, 0.3) is 0 Å². The molecule has 0 spiro atoms. The number of terminal acetylenes is 1. The average molecular weight is 331 g/mol. The Kier molecular flexibility index (Phi) is 8.06.